The van der Waals surface area contributed by atoms with E-state index in [1.165, 1.54) is 10.6 Å². The van der Waals surface area contributed by atoms with Crippen molar-refractivity contribution in [2.75, 3.05) is 12.8 Å². The van der Waals surface area contributed by atoms with Gasteiger partial charge in [-0.15, -0.1) is 0 Å². The lowest BCUT2D eigenvalue weighted by molar-refractivity contribution is -0.142. The number of hydrogen-bond acceptors (Lipinski definition) is 3. The maximum absolute atomic E-state index is 12.0. The van der Waals surface area contributed by atoms with Gasteiger partial charge in [0, 0.05) is 13.1 Å². The molecular formula is C19H29NO4S. The third-order valence-electron chi connectivity index (χ3n) is 4.35. The Hall–Kier alpha value is -1.66. The molecule has 1 N–H and O–H groups in total. The number of nitrogens with zero attached hydrogens (tertiary/aromatic N) is 1. The summed E-state index contributed by atoms with van der Waals surface area (Å²) in [6.45, 7) is 6.38. The van der Waals surface area contributed by atoms with E-state index in [0.717, 1.165) is 30.4 Å². The number of sulfonamides is 1. The zero-order valence-corrected chi connectivity index (χ0v) is 16.0. The summed E-state index contributed by atoms with van der Waals surface area (Å²) in [6.07, 6.45) is 6.61. The van der Waals surface area contributed by atoms with E-state index < -0.39 is 16.0 Å². The lowest BCUT2D eigenvalue weighted by Crippen LogP contribution is -2.30. The van der Waals surface area contributed by atoms with Crippen LogP contribution in [0.3, 0.4) is 0 Å². The predicted octanol–water partition coefficient (Wildman–Crippen LogP) is 3.76. The van der Waals surface area contributed by atoms with E-state index in [1.807, 2.05) is 31.2 Å². The Morgan fingerprint density at radius 3 is 2.36 bits per heavy atom. The molecule has 0 saturated heterocycles. The van der Waals surface area contributed by atoms with Crippen LogP contribution < -0.4 is 0 Å². The number of benzene rings is 1. The highest BCUT2D eigenvalue weighted by Crippen LogP contribution is 2.16. The summed E-state index contributed by atoms with van der Waals surface area (Å²) in [5.41, 5.74) is 1.94. The number of rotatable bonds is 12. The molecule has 0 heterocycles. The average molecular weight is 368 g/mol. The van der Waals surface area contributed by atoms with Crippen LogP contribution in [0.2, 0.25) is 0 Å². The molecule has 6 heteroatoms. The molecule has 0 aliphatic rings. The first kappa shape index (κ1) is 21.4. The van der Waals surface area contributed by atoms with Crippen LogP contribution in [0.15, 0.2) is 30.8 Å². The fourth-order valence-electron chi connectivity index (χ4n) is 2.68. The minimum Gasteiger partial charge on any atom is -0.481 e. The van der Waals surface area contributed by atoms with Crippen molar-refractivity contribution in [3.05, 3.63) is 42.0 Å². The van der Waals surface area contributed by atoms with Crippen LogP contribution in [0.4, 0.5) is 0 Å². The van der Waals surface area contributed by atoms with E-state index in [1.54, 1.807) is 6.08 Å². The van der Waals surface area contributed by atoms with Gasteiger partial charge in [0.25, 0.3) is 0 Å². The molecule has 25 heavy (non-hydrogen) atoms. The fraction of sp³-hybridized carbons (Fsp3) is 0.526. The van der Waals surface area contributed by atoms with Crippen molar-refractivity contribution >= 4 is 22.1 Å². The molecule has 1 unspecified atom stereocenters. The largest absolute Gasteiger partial charge is 0.481 e. The van der Waals surface area contributed by atoms with Gasteiger partial charge in [-0.25, -0.2) is 8.42 Å². The Morgan fingerprint density at radius 1 is 1.24 bits per heavy atom. The normalized spacial score (nSPS) is 12.9. The molecule has 0 saturated carbocycles. The molecule has 0 fully saturated rings. The molecule has 5 nitrogen and oxygen atoms in total. The maximum atomic E-state index is 12.0. The Kier molecular flexibility index (Phi) is 8.86. The summed E-state index contributed by atoms with van der Waals surface area (Å²) in [6, 6.07) is 7.65. The van der Waals surface area contributed by atoms with Crippen LogP contribution in [-0.4, -0.2) is 36.6 Å². The number of aliphatic carboxylic acids is 1. The Labute approximate surface area is 151 Å². The highest BCUT2D eigenvalue weighted by atomic mass is 32.2. The van der Waals surface area contributed by atoms with Crippen LogP contribution >= 0.6 is 0 Å². The smallest absolute Gasteiger partial charge is 0.306 e. The van der Waals surface area contributed by atoms with Crippen molar-refractivity contribution in [2.24, 2.45) is 5.92 Å². The summed E-state index contributed by atoms with van der Waals surface area (Å²) in [4.78, 5) is 11.0. The van der Waals surface area contributed by atoms with Crippen LogP contribution in [-0.2, 0) is 21.4 Å². The molecule has 0 aliphatic heterocycles. The Morgan fingerprint density at radius 2 is 1.88 bits per heavy atom. The van der Waals surface area contributed by atoms with E-state index in [0.29, 0.717) is 25.9 Å². The summed E-state index contributed by atoms with van der Waals surface area (Å²) >= 11 is 0. The van der Waals surface area contributed by atoms with Gasteiger partial charge in [0.05, 0.1) is 12.2 Å². The van der Waals surface area contributed by atoms with Crippen LogP contribution in [0.25, 0.3) is 6.08 Å². The van der Waals surface area contributed by atoms with Crippen molar-refractivity contribution in [1.82, 2.24) is 4.31 Å². The Bertz CT molecular complexity index is 653. The number of carboxylic acids is 1. The molecule has 0 amide bonds. The lowest BCUT2D eigenvalue weighted by Gasteiger charge is -2.20. The third kappa shape index (κ3) is 7.84. The highest BCUT2D eigenvalue weighted by Gasteiger charge is 2.17. The predicted molar refractivity (Wildman–Crippen MR) is 102 cm³/mol. The van der Waals surface area contributed by atoms with Gasteiger partial charge in [-0.05, 0) is 30.4 Å². The fourth-order valence-corrected chi connectivity index (χ4v) is 3.53. The highest BCUT2D eigenvalue weighted by molar-refractivity contribution is 7.88. The topological polar surface area (TPSA) is 74.7 Å². The van der Waals surface area contributed by atoms with Crippen LogP contribution in [0, 0.1) is 5.92 Å². The molecule has 0 aromatic heterocycles. The summed E-state index contributed by atoms with van der Waals surface area (Å²) < 4.78 is 25.5. The van der Waals surface area contributed by atoms with Gasteiger partial charge >= 0.3 is 5.97 Å². The first-order valence-corrected chi connectivity index (χ1v) is 10.5. The number of unbranched alkanes of at least 4 members (excludes halogenated alkanes) is 2. The Balaban J connectivity index is 2.51. The van der Waals surface area contributed by atoms with Crippen molar-refractivity contribution in [3.8, 4) is 0 Å². The van der Waals surface area contributed by atoms with E-state index in [2.05, 4.69) is 6.58 Å². The molecule has 1 aromatic carbocycles. The first-order valence-electron chi connectivity index (χ1n) is 8.67. The second-order valence-electron chi connectivity index (χ2n) is 6.33. The number of carboxylic acid groups (broad SMARTS) is 1. The first-order chi connectivity index (χ1) is 11.8. The molecule has 1 atom stereocenters. The number of hydrogen-bond donors (Lipinski definition) is 1. The second kappa shape index (κ2) is 10.4. The van der Waals surface area contributed by atoms with E-state index in [-0.39, 0.29) is 5.92 Å². The third-order valence-corrected chi connectivity index (χ3v) is 5.60. The van der Waals surface area contributed by atoms with Crippen molar-refractivity contribution in [2.45, 2.75) is 45.6 Å². The monoisotopic (exact) mass is 367 g/mol. The second-order valence-corrected chi connectivity index (χ2v) is 8.32. The van der Waals surface area contributed by atoms with Gasteiger partial charge in [-0.1, -0.05) is 56.7 Å². The molecule has 1 rings (SSSR count). The SMILES string of the molecule is C=Cc1ccc(CN(CCCCCC(CC)C(=O)O)S(C)(=O)=O)cc1. The zero-order valence-electron chi connectivity index (χ0n) is 15.1. The standard InChI is InChI=1S/C19H29NO4S/c1-4-16-10-12-17(13-11-16)15-20(25(3,23)24)14-8-6-7-9-18(5-2)19(21)22/h4,10-13,18H,1,5-9,14-15H2,2-3H3,(H,21,22). The quantitative estimate of drug-likeness (QED) is 0.571. The molecule has 140 valence electrons. The van der Waals surface area contributed by atoms with E-state index >= 15 is 0 Å². The molecule has 0 bridgehead atoms. The van der Waals surface area contributed by atoms with Gasteiger partial charge < -0.3 is 5.11 Å². The zero-order chi connectivity index (χ0) is 18.9. The lowest BCUT2D eigenvalue weighted by atomic mass is 9.99. The minimum absolute atomic E-state index is 0.297. The van der Waals surface area contributed by atoms with Crippen LogP contribution in [0.1, 0.15) is 50.2 Å². The molecule has 1 aromatic rings. The molecular weight excluding hydrogens is 338 g/mol. The number of carbonyl (C=O) groups is 1. The van der Waals surface area contributed by atoms with Gasteiger partial charge in [0.1, 0.15) is 0 Å². The van der Waals surface area contributed by atoms with Crippen molar-refractivity contribution in [1.29, 1.82) is 0 Å². The molecule has 0 radical (unpaired) electrons. The van der Waals surface area contributed by atoms with Gasteiger partial charge in [-0.3, -0.25) is 4.79 Å². The summed E-state index contributed by atoms with van der Waals surface area (Å²) in [5, 5.41) is 9.03. The minimum atomic E-state index is -3.28. The summed E-state index contributed by atoms with van der Waals surface area (Å²) in [7, 11) is -3.28. The van der Waals surface area contributed by atoms with Gasteiger partial charge in [0.15, 0.2) is 0 Å². The molecule has 0 aliphatic carbocycles. The van der Waals surface area contributed by atoms with Gasteiger partial charge in [0.2, 0.25) is 10.0 Å². The summed E-state index contributed by atoms with van der Waals surface area (Å²) in [5.74, 6) is -1.04. The van der Waals surface area contributed by atoms with Crippen LogP contribution in [0.5, 0.6) is 0 Å². The molecule has 0 spiro atoms. The average Bonchev–Trinajstić information content (AvgIpc) is 2.56. The van der Waals surface area contributed by atoms with E-state index in [9.17, 15) is 13.2 Å². The van der Waals surface area contributed by atoms with Gasteiger partial charge in [-0.2, -0.15) is 4.31 Å². The van der Waals surface area contributed by atoms with Crippen molar-refractivity contribution in [3.63, 3.8) is 0 Å². The van der Waals surface area contributed by atoms with Crippen molar-refractivity contribution < 1.29 is 18.3 Å². The maximum Gasteiger partial charge on any atom is 0.306 e. The van der Waals surface area contributed by atoms with E-state index in [4.69, 9.17) is 5.11 Å².